The van der Waals surface area contributed by atoms with Crippen LogP contribution in [-0.2, 0) is 4.79 Å². The molecule has 4 saturated carbocycles. The van der Waals surface area contributed by atoms with Crippen LogP contribution in [0.25, 0.3) is 0 Å². The van der Waals surface area contributed by atoms with Crippen molar-refractivity contribution >= 4 is 5.97 Å². The molecular formula is C25H46BrNO2. The smallest absolute Gasteiger partial charge is 0.362 e. The highest BCUT2D eigenvalue weighted by Gasteiger charge is 2.53. The van der Waals surface area contributed by atoms with Gasteiger partial charge in [-0.1, -0.05) is 45.4 Å². The maximum absolute atomic E-state index is 12.3. The Bertz CT molecular complexity index is 484. The molecule has 4 heteroatoms. The number of unbranched alkanes of at least 4 members (excludes halogenated alkanes) is 7. The van der Waals surface area contributed by atoms with Crippen LogP contribution in [0.2, 0.25) is 0 Å². The van der Waals surface area contributed by atoms with Crippen molar-refractivity contribution in [2.75, 3.05) is 20.6 Å². The summed E-state index contributed by atoms with van der Waals surface area (Å²) in [5.41, 5.74) is 0.354. The highest BCUT2D eigenvalue weighted by Crippen LogP contribution is 2.61. The van der Waals surface area contributed by atoms with E-state index >= 15 is 0 Å². The molecule has 0 saturated heterocycles. The third-order valence-electron chi connectivity index (χ3n) is 8.51. The van der Waals surface area contributed by atoms with Crippen LogP contribution in [0.3, 0.4) is 0 Å². The molecule has 170 valence electrons. The Hall–Kier alpha value is -0.0900. The highest BCUT2D eigenvalue weighted by atomic mass is 79.9. The Morgan fingerprint density at radius 1 is 0.897 bits per heavy atom. The zero-order valence-electron chi connectivity index (χ0n) is 19.3. The third kappa shape index (κ3) is 6.69. The summed E-state index contributed by atoms with van der Waals surface area (Å²) in [7, 11) is 4.36. The van der Waals surface area contributed by atoms with E-state index in [1.165, 1.54) is 89.9 Å². The van der Waals surface area contributed by atoms with E-state index in [1.54, 1.807) is 0 Å². The third-order valence-corrected chi connectivity index (χ3v) is 8.51. The molecule has 4 fully saturated rings. The molecule has 1 N–H and O–H groups in total. The first kappa shape index (κ1) is 25.2. The second-order valence-corrected chi connectivity index (χ2v) is 11.5. The van der Waals surface area contributed by atoms with Gasteiger partial charge in [0, 0.05) is 6.42 Å². The lowest BCUT2D eigenvalue weighted by atomic mass is 9.48. The summed E-state index contributed by atoms with van der Waals surface area (Å²) in [6, 6.07) is -0.221. The van der Waals surface area contributed by atoms with Gasteiger partial charge in [-0.15, -0.1) is 0 Å². The summed E-state index contributed by atoms with van der Waals surface area (Å²) in [5, 5.41) is 10.1. The topological polar surface area (TPSA) is 37.3 Å². The number of hydrogen-bond donors (Lipinski definition) is 1. The molecule has 3 nitrogen and oxygen atoms in total. The molecule has 4 bridgehead atoms. The Morgan fingerprint density at radius 2 is 1.34 bits per heavy atom. The number of carboxylic acid groups (broad SMARTS) is 1. The number of carboxylic acids is 1. The van der Waals surface area contributed by atoms with Gasteiger partial charge in [0.1, 0.15) is 0 Å². The summed E-state index contributed by atoms with van der Waals surface area (Å²) in [5.74, 6) is 2.16. The van der Waals surface area contributed by atoms with E-state index in [4.69, 9.17) is 0 Å². The van der Waals surface area contributed by atoms with Crippen molar-refractivity contribution in [1.29, 1.82) is 0 Å². The van der Waals surface area contributed by atoms with Gasteiger partial charge < -0.3 is 26.6 Å². The van der Waals surface area contributed by atoms with Crippen molar-refractivity contribution in [2.45, 2.75) is 109 Å². The summed E-state index contributed by atoms with van der Waals surface area (Å²) in [6.45, 7) is 3.28. The molecule has 0 heterocycles. The van der Waals surface area contributed by atoms with E-state index in [1.807, 2.05) is 0 Å². The molecule has 0 aromatic carbocycles. The van der Waals surface area contributed by atoms with Gasteiger partial charge in [0.25, 0.3) is 0 Å². The number of hydrogen-bond acceptors (Lipinski definition) is 1. The van der Waals surface area contributed by atoms with Crippen LogP contribution in [-0.4, -0.2) is 42.2 Å². The lowest BCUT2D eigenvalue weighted by molar-refractivity contribution is -0.908. The molecule has 0 amide bonds. The molecule has 4 rings (SSSR count). The van der Waals surface area contributed by atoms with Crippen LogP contribution in [0.5, 0.6) is 0 Å². The summed E-state index contributed by atoms with van der Waals surface area (Å²) in [4.78, 5) is 12.3. The lowest BCUT2D eigenvalue weighted by Gasteiger charge is -2.58. The largest absolute Gasteiger partial charge is 1.00 e. The first-order chi connectivity index (χ1) is 13.3. The van der Waals surface area contributed by atoms with Crippen LogP contribution in [0.15, 0.2) is 0 Å². The second-order valence-electron chi connectivity index (χ2n) is 11.5. The molecule has 4 aliphatic carbocycles. The minimum atomic E-state index is -0.555. The second kappa shape index (κ2) is 11.0. The van der Waals surface area contributed by atoms with Gasteiger partial charge in [-0.05, 0) is 74.5 Å². The van der Waals surface area contributed by atoms with Crippen molar-refractivity contribution < 1.29 is 31.4 Å². The fraction of sp³-hybridized carbons (Fsp3) is 0.960. The Balaban J connectivity index is 0.00000300. The molecule has 0 spiro atoms. The lowest BCUT2D eigenvalue weighted by Crippen LogP contribution is -3.00. The Morgan fingerprint density at radius 3 is 1.79 bits per heavy atom. The molecule has 1 atom stereocenters. The first-order valence-electron chi connectivity index (χ1n) is 12.4. The minimum Gasteiger partial charge on any atom is -1.00 e. The van der Waals surface area contributed by atoms with Crippen molar-refractivity contribution in [3.63, 3.8) is 0 Å². The zero-order chi connectivity index (χ0) is 20.2. The van der Waals surface area contributed by atoms with Gasteiger partial charge >= 0.3 is 5.97 Å². The predicted molar refractivity (Wildman–Crippen MR) is 116 cm³/mol. The molecule has 0 radical (unpaired) electrons. The van der Waals surface area contributed by atoms with E-state index in [0.29, 0.717) is 9.90 Å². The van der Waals surface area contributed by atoms with E-state index < -0.39 is 5.97 Å². The molecule has 29 heavy (non-hydrogen) atoms. The minimum absolute atomic E-state index is 0. The summed E-state index contributed by atoms with van der Waals surface area (Å²) >= 11 is 0. The number of carbonyl (C=O) groups is 1. The SMILES string of the molecule is CCCCCCCCCC[N+](C)(C)C(CC12CC3CC(CC(C3)C1)C2)C(=O)O.[Br-]. The molecule has 0 aromatic rings. The highest BCUT2D eigenvalue weighted by molar-refractivity contribution is 5.72. The van der Waals surface area contributed by atoms with Gasteiger partial charge in [0.05, 0.1) is 20.6 Å². The number of quaternary nitrogens is 1. The first-order valence-corrected chi connectivity index (χ1v) is 12.4. The summed E-state index contributed by atoms with van der Waals surface area (Å²) < 4.78 is 0.674. The summed E-state index contributed by atoms with van der Waals surface area (Å²) in [6.07, 6.45) is 19.7. The van der Waals surface area contributed by atoms with Crippen LogP contribution in [0.4, 0.5) is 0 Å². The maximum Gasteiger partial charge on any atom is 0.362 e. The quantitative estimate of drug-likeness (QED) is 0.330. The molecule has 0 aromatic heterocycles. The molecular weight excluding hydrogens is 426 g/mol. The predicted octanol–water partition coefficient (Wildman–Crippen LogP) is 3.27. The van der Waals surface area contributed by atoms with Crippen molar-refractivity contribution in [3.8, 4) is 0 Å². The molecule has 4 aliphatic rings. The van der Waals surface area contributed by atoms with E-state index in [9.17, 15) is 9.90 Å². The Labute approximate surface area is 190 Å². The van der Waals surface area contributed by atoms with Crippen LogP contribution in [0, 0.1) is 23.2 Å². The standard InChI is InChI=1S/C25H45NO2.BrH/c1-4-5-6-7-8-9-10-11-12-26(2,3)23(24(27)28)19-25-16-20-13-21(17-25)15-22(14-20)18-25;/h20-23H,4-19H2,1-3H3;1H. The number of likely N-dealkylation sites (N-methyl/N-ethyl adjacent to an activating group) is 1. The normalized spacial score (nSPS) is 31.5. The fourth-order valence-corrected chi connectivity index (χ4v) is 7.39. The molecule has 1 unspecified atom stereocenters. The zero-order valence-corrected chi connectivity index (χ0v) is 20.9. The number of halogens is 1. The maximum atomic E-state index is 12.3. The number of nitrogens with zero attached hydrogens (tertiary/aromatic N) is 1. The Kier molecular flexibility index (Phi) is 9.53. The van der Waals surface area contributed by atoms with Gasteiger partial charge in [0.15, 0.2) is 6.04 Å². The number of aliphatic carboxylic acids is 1. The monoisotopic (exact) mass is 471 g/mol. The van der Waals surface area contributed by atoms with E-state index in [0.717, 1.165) is 30.7 Å². The van der Waals surface area contributed by atoms with Gasteiger partial charge in [-0.25, -0.2) is 4.79 Å². The van der Waals surface area contributed by atoms with Gasteiger partial charge in [0.2, 0.25) is 0 Å². The fourth-order valence-electron chi connectivity index (χ4n) is 7.39. The van der Waals surface area contributed by atoms with Crippen molar-refractivity contribution in [3.05, 3.63) is 0 Å². The van der Waals surface area contributed by atoms with Crippen LogP contribution >= 0.6 is 0 Å². The van der Waals surface area contributed by atoms with Gasteiger partial charge in [-0.2, -0.15) is 0 Å². The van der Waals surface area contributed by atoms with Crippen molar-refractivity contribution in [2.24, 2.45) is 23.2 Å². The van der Waals surface area contributed by atoms with Crippen molar-refractivity contribution in [1.82, 2.24) is 0 Å². The average molecular weight is 473 g/mol. The number of rotatable bonds is 13. The van der Waals surface area contributed by atoms with Gasteiger partial charge in [-0.3, -0.25) is 0 Å². The van der Waals surface area contributed by atoms with Crippen LogP contribution < -0.4 is 17.0 Å². The van der Waals surface area contributed by atoms with Crippen LogP contribution in [0.1, 0.15) is 103 Å². The molecule has 0 aliphatic heterocycles. The van der Waals surface area contributed by atoms with E-state index in [2.05, 4.69) is 21.0 Å². The average Bonchev–Trinajstić information content (AvgIpc) is 2.60. The van der Waals surface area contributed by atoms with E-state index in [-0.39, 0.29) is 23.0 Å².